The number of aryl methyl sites for hydroxylation is 1. The van der Waals surface area contributed by atoms with E-state index in [-0.39, 0.29) is 64.2 Å². The van der Waals surface area contributed by atoms with Crippen LogP contribution >= 0.6 is 26.5 Å². The van der Waals surface area contributed by atoms with Crippen LogP contribution in [0.25, 0.3) is 0 Å². The Morgan fingerprint density at radius 1 is 1.39 bits per heavy atom. The Labute approximate surface area is 152 Å². The summed E-state index contributed by atoms with van der Waals surface area (Å²) in [5, 5.41) is 3.45. The van der Waals surface area contributed by atoms with Crippen molar-refractivity contribution in [3.05, 3.63) is 11.1 Å². The van der Waals surface area contributed by atoms with Gasteiger partial charge in [0.1, 0.15) is 0 Å². The van der Waals surface area contributed by atoms with Gasteiger partial charge >= 0.3 is 66.7 Å². The number of rotatable bonds is 4. The third-order valence-corrected chi connectivity index (χ3v) is 5.63. The van der Waals surface area contributed by atoms with Gasteiger partial charge in [0.25, 0.3) is 0 Å². The Hall–Kier alpha value is 1.73. The van der Waals surface area contributed by atoms with Crippen LogP contribution in [0.4, 0.5) is 5.13 Å². The number of hydrogen-bond acceptors (Lipinski definition) is 7. The minimum atomic E-state index is -5.46. The minimum absolute atomic E-state index is 0. The van der Waals surface area contributed by atoms with Crippen LogP contribution in [0, 0.1) is 6.92 Å². The Balaban J connectivity index is 0. The number of anilines is 1. The molecule has 8 nitrogen and oxygen atoms in total. The molecule has 1 unspecified atom stereocenters. The fourth-order valence-corrected chi connectivity index (χ4v) is 3.81. The van der Waals surface area contributed by atoms with Crippen LogP contribution in [0.1, 0.15) is 5.69 Å². The molecule has 1 rings (SSSR count). The summed E-state index contributed by atoms with van der Waals surface area (Å²) in [6.45, 7) is 1.61. The molecule has 0 aliphatic carbocycles. The number of nitrogens with one attached hydrogen (secondary N) is 1. The molecule has 0 radical (unpaired) electrons. The van der Waals surface area contributed by atoms with Crippen LogP contribution in [0.2, 0.25) is 0 Å². The molecule has 0 bridgehead atoms. The molecule has 92 valence electrons. The van der Waals surface area contributed by atoms with Crippen molar-refractivity contribution in [2.45, 2.75) is 12.4 Å². The van der Waals surface area contributed by atoms with Gasteiger partial charge in [-0.2, -0.15) is 0 Å². The maximum atomic E-state index is 10.8. The topological polar surface area (TPSA) is 146 Å². The van der Waals surface area contributed by atoms with Crippen molar-refractivity contribution in [1.29, 1.82) is 0 Å². The Bertz CT molecular complexity index is 450. The second kappa shape index (κ2) is 8.24. The summed E-state index contributed by atoms with van der Waals surface area (Å²) >= 11 is 0.946. The van der Waals surface area contributed by atoms with Crippen molar-refractivity contribution in [2.24, 2.45) is 0 Å². The Morgan fingerprint density at radius 2 is 1.89 bits per heavy atom. The molecule has 18 heavy (non-hydrogen) atoms. The van der Waals surface area contributed by atoms with E-state index in [1.165, 1.54) is 0 Å². The fourth-order valence-electron chi connectivity index (χ4n) is 0.878. The third-order valence-electron chi connectivity index (χ3n) is 1.49. The monoisotopic (exact) mass is 332 g/mol. The van der Waals surface area contributed by atoms with E-state index in [2.05, 4.69) is 4.98 Å². The zero-order valence-electron chi connectivity index (χ0n) is 9.93. The van der Waals surface area contributed by atoms with E-state index in [4.69, 9.17) is 9.79 Å². The standard InChI is InChI=1S/C5H10N2O6P2S.2Na/c1-3-2-16-4(6-3)7-5(14(8,9)10)15(11,12)13;;/h2,5H,1H3,(H,6,7)(H2,8,9,10)(H2,11,12,13);;/q;2*+1/p-2. The van der Waals surface area contributed by atoms with Crippen LogP contribution in [0.3, 0.4) is 0 Å². The van der Waals surface area contributed by atoms with Gasteiger partial charge in [-0.3, -0.25) is 4.57 Å². The van der Waals surface area contributed by atoms with Gasteiger partial charge in [-0.25, -0.2) is 4.98 Å². The molecule has 1 heterocycles. The molecular formula is C5H8N2Na2O6P2S. The van der Waals surface area contributed by atoms with Gasteiger partial charge in [0, 0.05) is 5.38 Å². The summed E-state index contributed by atoms with van der Waals surface area (Å²) in [6, 6.07) is 0. The predicted molar refractivity (Wildman–Crippen MR) is 53.9 cm³/mol. The molecule has 0 amide bonds. The SMILES string of the molecule is Cc1csc(NC(P(=O)([O-])[O-])P(=O)(O)O)n1.[Na+].[Na+]. The molecule has 0 saturated heterocycles. The van der Waals surface area contributed by atoms with E-state index in [0.717, 1.165) is 11.3 Å². The second-order valence-electron chi connectivity index (χ2n) is 2.94. The zero-order valence-corrected chi connectivity index (χ0v) is 16.5. The van der Waals surface area contributed by atoms with E-state index in [1.807, 2.05) is 5.32 Å². The van der Waals surface area contributed by atoms with E-state index in [1.54, 1.807) is 12.3 Å². The van der Waals surface area contributed by atoms with Crippen molar-refractivity contribution in [3.8, 4) is 0 Å². The molecule has 1 atom stereocenters. The second-order valence-corrected chi connectivity index (χ2v) is 7.50. The van der Waals surface area contributed by atoms with Gasteiger partial charge < -0.3 is 29.5 Å². The summed E-state index contributed by atoms with van der Waals surface area (Å²) in [5.74, 6) is 0. The van der Waals surface area contributed by atoms with Crippen molar-refractivity contribution in [3.63, 3.8) is 0 Å². The Kier molecular flexibility index (Phi) is 10.1. The number of thiazole rings is 1. The summed E-state index contributed by atoms with van der Waals surface area (Å²) in [6.07, 6.45) is 0. The van der Waals surface area contributed by atoms with Crippen LogP contribution in [-0.4, -0.2) is 20.3 Å². The van der Waals surface area contributed by atoms with Gasteiger partial charge in [0.2, 0.25) is 0 Å². The molecule has 0 aromatic carbocycles. The minimum Gasteiger partial charge on any atom is -0.809 e. The first-order chi connectivity index (χ1) is 7.10. The predicted octanol–water partition coefficient (Wildman–Crippen LogP) is -6.75. The molecule has 1 aromatic rings. The number of hydrogen-bond donors (Lipinski definition) is 3. The van der Waals surface area contributed by atoms with E-state index >= 15 is 0 Å². The fraction of sp³-hybridized carbons (Fsp3) is 0.400. The van der Waals surface area contributed by atoms with Crippen LogP contribution in [-0.2, 0) is 9.13 Å². The van der Waals surface area contributed by atoms with Gasteiger partial charge in [0.05, 0.1) is 5.69 Å². The van der Waals surface area contributed by atoms with E-state index < -0.39 is 20.7 Å². The van der Waals surface area contributed by atoms with Crippen molar-refractivity contribution < 1.29 is 87.8 Å². The molecule has 0 saturated carbocycles. The van der Waals surface area contributed by atoms with Crippen molar-refractivity contribution in [1.82, 2.24) is 4.98 Å². The summed E-state index contributed by atoms with van der Waals surface area (Å²) in [4.78, 5) is 42.6. The molecule has 0 spiro atoms. The zero-order chi connectivity index (χ0) is 12.6. The smallest absolute Gasteiger partial charge is 0.809 e. The van der Waals surface area contributed by atoms with Crippen LogP contribution in [0.15, 0.2) is 5.38 Å². The largest absolute Gasteiger partial charge is 1.00 e. The average molecular weight is 332 g/mol. The van der Waals surface area contributed by atoms with Crippen LogP contribution in [0.5, 0.6) is 0 Å². The molecule has 3 N–H and O–H groups in total. The Morgan fingerprint density at radius 3 is 2.17 bits per heavy atom. The molecule has 0 aliphatic heterocycles. The number of nitrogens with zero attached hydrogens (tertiary/aromatic N) is 1. The normalized spacial score (nSPS) is 13.2. The van der Waals surface area contributed by atoms with Gasteiger partial charge in [-0.1, -0.05) is 0 Å². The first-order valence-corrected chi connectivity index (χ1v) is 8.03. The van der Waals surface area contributed by atoms with Gasteiger partial charge in [-0.05, 0) is 14.5 Å². The molecule has 0 aliphatic rings. The summed E-state index contributed by atoms with van der Waals surface area (Å²) in [5.41, 5.74) is -1.94. The summed E-state index contributed by atoms with van der Waals surface area (Å²) in [7, 11) is -10.5. The molecular weight excluding hydrogens is 324 g/mol. The molecule has 13 heteroatoms. The summed E-state index contributed by atoms with van der Waals surface area (Å²) < 4.78 is 21.5. The average Bonchev–Trinajstić information content (AvgIpc) is 2.43. The van der Waals surface area contributed by atoms with Crippen molar-refractivity contribution >= 4 is 31.7 Å². The van der Waals surface area contributed by atoms with Gasteiger partial charge in [-0.15, -0.1) is 11.3 Å². The maximum Gasteiger partial charge on any atom is 1.00 e. The van der Waals surface area contributed by atoms with E-state index in [9.17, 15) is 18.9 Å². The number of aromatic nitrogens is 1. The van der Waals surface area contributed by atoms with E-state index in [0.29, 0.717) is 5.69 Å². The first-order valence-electron chi connectivity index (χ1n) is 3.86. The van der Waals surface area contributed by atoms with Crippen molar-refractivity contribution in [2.75, 3.05) is 5.32 Å². The molecule has 1 aromatic heterocycles. The van der Waals surface area contributed by atoms with Crippen LogP contribution < -0.4 is 74.2 Å². The quantitative estimate of drug-likeness (QED) is 0.364. The van der Waals surface area contributed by atoms with Gasteiger partial charge in [0.15, 0.2) is 10.7 Å². The first kappa shape index (κ1) is 22.0. The maximum absolute atomic E-state index is 10.8. The third kappa shape index (κ3) is 6.95. The molecule has 0 fully saturated rings.